The van der Waals surface area contributed by atoms with Crippen molar-refractivity contribution in [3.05, 3.63) is 82.7 Å². The van der Waals surface area contributed by atoms with Gasteiger partial charge in [0.2, 0.25) is 0 Å². The van der Waals surface area contributed by atoms with Gasteiger partial charge in [-0.25, -0.2) is 10.2 Å². The lowest BCUT2D eigenvalue weighted by molar-refractivity contribution is 0.0526. The standard InChI is InChI=1S/C26H29N3O4/c1-5-15-33-24-13-9-20(10-14-24)25(30)28-27-17-22-16-18(3)29(19(22)4)23-11-7-21(8-12-23)26(31)32-6-2/h7-14,16-17H,5-6,15H2,1-4H3,(H,28,30)/b27-17-. The Morgan fingerprint density at radius 1 is 1.00 bits per heavy atom. The van der Waals surface area contributed by atoms with Crippen molar-refractivity contribution in [1.82, 2.24) is 9.99 Å². The van der Waals surface area contributed by atoms with Crippen LogP contribution in [-0.2, 0) is 4.74 Å². The molecule has 0 fully saturated rings. The van der Waals surface area contributed by atoms with Gasteiger partial charge in [0.1, 0.15) is 5.75 Å². The molecule has 0 aliphatic carbocycles. The van der Waals surface area contributed by atoms with Gasteiger partial charge in [0.05, 0.1) is 25.0 Å². The lowest BCUT2D eigenvalue weighted by Gasteiger charge is -2.10. The number of nitrogens with one attached hydrogen (secondary N) is 1. The Labute approximate surface area is 194 Å². The second-order valence-corrected chi connectivity index (χ2v) is 7.50. The topological polar surface area (TPSA) is 81.9 Å². The van der Waals surface area contributed by atoms with Crippen molar-refractivity contribution in [3.63, 3.8) is 0 Å². The number of amides is 1. The predicted octanol–water partition coefficient (Wildman–Crippen LogP) is 4.82. The number of carbonyl (C=O) groups excluding carboxylic acids is 2. The maximum absolute atomic E-state index is 12.4. The Morgan fingerprint density at radius 2 is 1.67 bits per heavy atom. The van der Waals surface area contributed by atoms with Crippen molar-refractivity contribution < 1.29 is 19.1 Å². The molecule has 1 N–H and O–H groups in total. The lowest BCUT2D eigenvalue weighted by atomic mass is 10.2. The van der Waals surface area contributed by atoms with Gasteiger partial charge in [0.15, 0.2) is 0 Å². The first-order valence-electron chi connectivity index (χ1n) is 11.0. The van der Waals surface area contributed by atoms with Gasteiger partial charge >= 0.3 is 5.97 Å². The Morgan fingerprint density at radius 3 is 2.30 bits per heavy atom. The molecule has 0 bridgehead atoms. The molecule has 0 unspecified atom stereocenters. The molecule has 2 aromatic carbocycles. The quantitative estimate of drug-likeness (QED) is 0.290. The monoisotopic (exact) mass is 447 g/mol. The molecule has 33 heavy (non-hydrogen) atoms. The maximum Gasteiger partial charge on any atom is 0.338 e. The summed E-state index contributed by atoms with van der Waals surface area (Å²) in [4.78, 5) is 24.2. The smallest absolute Gasteiger partial charge is 0.338 e. The predicted molar refractivity (Wildman–Crippen MR) is 128 cm³/mol. The zero-order chi connectivity index (χ0) is 23.8. The second kappa shape index (κ2) is 11.1. The molecule has 0 aliphatic rings. The van der Waals surface area contributed by atoms with Crippen LogP contribution in [0.2, 0.25) is 0 Å². The van der Waals surface area contributed by atoms with E-state index in [1.54, 1.807) is 49.5 Å². The molecule has 0 aliphatic heterocycles. The highest BCUT2D eigenvalue weighted by Crippen LogP contribution is 2.20. The van der Waals surface area contributed by atoms with Crippen LogP contribution in [0.25, 0.3) is 5.69 Å². The summed E-state index contributed by atoms with van der Waals surface area (Å²) in [5.74, 6) is 0.105. The highest BCUT2D eigenvalue weighted by atomic mass is 16.5. The minimum absolute atomic E-state index is 0.295. The van der Waals surface area contributed by atoms with Gasteiger partial charge in [-0.2, -0.15) is 5.10 Å². The average molecular weight is 448 g/mol. The first-order valence-corrected chi connectivity index (χ1v) is 11.0. The molecular weight excluding hydrogens is 418 g/mol. The van der Waals surface area contributed by atoms with E-state index in [2.05, 4.69) is 15.1 Å². The van der Waals surface area contributed by atoms with Crippen LogP contribution in [0, 0.1) is 13.8 Å². The van der Waals surface area contributed by atoms with Crippen LogP contribution >= 0.6 is 0 Å². The van der Waals surface area contributed by atoms with E-state index >= 15 is 0 Å². The fourth-order valence-corrected chi connectivity index (χ4v) is 3.42. The molecule has 0 radical (unpaired) electrons. The van der Waals surface area contributed by atoms with E-state index < -0.39 is 0 Å². The summed E-state index contributed by atoms with van der Waals surface area (Å²) in [5.41, 5.74) is 7.36. The molecule has 0 atom stereocenters. The van der Waals surface area contributed by atoms with E-state index in [0.29, 0.717) is 24.3 Å². The summed E-state index contributed by atoms with van der Waals surface area (Å²) in [6, 6.07) is 16.2. The van der Waals surface area contributed by atoms with Gasteiger partial charge in [-0.3, -0.25) is 4.79 Å². The summed E-state index contributed by atoms with van der Waals surface area (Å²) in [7, 11) is 0. The zero-order valence-corrected chi connectivity index (χ0v) is 19.4. The van der Waals surface area contributed by atoms with Gasteiger partial charge in [0.25, 0.3) is 5.91 Å². The summed E-state index contributed by atoms with van der Waals surface area (Å²) >= 11 is 0. The Bertz CT molecular complexity index is 1130. The zero-order valence-electron chi connectivity index (χ0n) is 19.4. The first kappa shape index (κ1) is 23.8. The summed E-state index contributed by atoms with van der Waals surface area (Å²) in [6.07, 6.45) is 2.55. The highest BCUT2D eigenvalue weighted by Gasteiger charge is 2.12. The second-order valence-electron chi connectivity index (χ2n) is 7.50. The van der Waals surface area contributed by atoms with E-state index in [1.165, 1.54) is 0 Å². The van der Waals surface area contributed by atoms with Crippen LogP contribution in [0.15, 0.2) is 59.7 Å². The number of hydrogen-bond acceptors (Lipinski definition) is 5. The molecule has 1 aromatic heterocycles. The number of esters is 1. The molecule has 7 nitrogen and oxygen atoms in total. The Hall–Kier alpha value is -3.87. The van der Waals surface area contributed by atoms with Crippen LogP contribution in [0.1, 0.15) is 57.9 Å². The maximum atomic E-state index is 12.4. The first-order chi connectivity index (χ1) is 15.9. The molecule has 0 saturated carbocycles. The number of aromatic nitrogens is 1. The lowest BCUT2D eigenvalue weighted by Crippen LogP contribution is -2.17. The molecular formula is C26H29N3O4. The fourth-order valence-electron chi connectivity index (χ4n) is 3.42. The van der Waals surface area contributed by atoms with Gasteiger partial charge in [0, 0.05) is 28.2 Å². The summed E-state index contributed by atoms with van der Waals surface area (Å²) < 4.78 is 12.6. The molecule has 0 saturated heterocycles. The van der Waals surface area contributed by atoms with E-state index in [9.17, 15) is 9.59 Å². The third-order valence-corrected chi connectivity index (χ3v) is 5.07. The van der Waals surface area contributed by atoms with Crippen LogP contribution in [0.4, 0.5) is 0 Å². The summed E-state index contributed by atoms with van der Waals surface area (Å²) in [6.45, 7) is 8.77. The van der Waals surface area contributed by atoms with E-state index in [1.807, 2.05) is 39.0 Å². The number of hydrogen-bond donors (Lipinski definition) is 1. The molecule has 172 valence electrons. The Kier molecular flexibility index (Phi) is 8.02. The minimum atomic E-state index is -0.336. The van der Waals surface area contributed by atoms with Gasteiger partial charge in [-0.1, -0.05) is 6.92 Å². The van der Waals surface area contributed by atoms with Gasteiger partial charge in [-0.05, 0) is 81.8 Å². The number of rotatable bonds is 9. The largest absolute Gasteiger partial charge is 0.494 e. The van der Waals surface area contributed by atoms with Gasteiger partial charge in [-0.15, -0.1) is 0 Å². The Balaban J connectivity index is 1.68. The van der Waals surface area contributed by atoms with Crippen molar-refractivity contribution in [1.29, 1.82) is 0 Å². The van der Waals surface area contributed by atoms with Crippen LogP contribution in [0.5, 0.6) is 5.75 Å². The van der Waals surface area contributed by atoms with E-state index in [-0.39, 0.29) is 11.9 Å². The SMILES string of the molecule is CCCOc1ccc(C(=O)N/N=C\c2cc(C)n(-c3ccc(C(=O)OCC)cc3)c2C)cc1. The highest BCUT2D eigenvalue weighted by molar-refractivity contribution is 5.95. The number of ether oxygens (including phenoxy) is 2. The molecule has 0 spiro atoms. The van der Waals surface area contributed by atoms with E-state index in [0.717, 1.165) is 34.8 Å². The van der Waals surface area contributed by atoms with Crippen LogP contribution in [0.3, 0.4) is 0 Å². The summed E-state index contributed by atoms with van der Waals surface area (Å²) in [5, 5.41) is 4.13. The van der Waals surface area contributed by atoms with E-state index in [4.69, 9.17) is 9.47 Å². The third-order valence-electron chi connectivity index (χ3n) is 5.07. The third kappa shape index (κ3) is 5.88. The van der Waals surface area contributed by atoms with Gasteiger partial charge < -0.3 is 14.0 Å². The van der Waals surface area contributed by atoms with Crippen molar-refractivity contribution in [2.45, 2.75) is 34.1 Å². The number of benzene rings is 2. The number of nitrogens with zero attached hydrogens (tertiary/aromatic N) is 2. The normalized spacial score (nSPS) is 10.9. The van der Waals surface area contributed by atoms with Crippen molar-refractivity contribution >= 4 is 18.1 Å². The van der Waals surface area contributed by atoms with Crippen LogP contribution < -0.4 is 10.2 Å². The molecule has 1 amide bonds. The average Bonchev–Trinajstić information content (AvgIpc) is 3.11. The van der Waals surface area contributed by atoms with Crippen molar-refractivity contribution in [2.75, 3.05) is 13.2 Å². The molecule has 1 heterocycles. The number of carbonyl (C=O) groups is 2. The van der Waals surface area contributed by atoms with Crippen molar-refractivity contribution in [2.24, 2.45) is 5.10 Å². The molecule has 3 rings (SSSR count). The minimum Gasteiger partial charge on any atom is -0.494 e. The number of aryl methyl sites for hydroxylation is 1. The molecule has 7 heteroatoms. The fraction of sp³-hybridized carbons (Fsp3) is 0.269. The van der Waals surface area contributed by atoms with Crippen LogP contribution in [-0.4, -0.2) is 35.9 Å². The number of hydrazone groups is 1. The molecule has 3 aromatic rings. The van der Waals surface area contributed by atoms with Crippen molar-refractivity contribution in [3.8, 4) is 11.4 Å².